The molecule has 0 aliphatic heterocycles. The van der Waals surface area contributed by atoms with Crippen molar-refractivity contribution in [1.82, 2.24) is 19.3 Å². The fourth-order valence-electron chi connectivity index (χ4n) is 7.45. The number of nitrogens with zero attached hydrogens (tertiary/aromatic N) is 4. The highest BCUT2D eigenvalue weighted by Crippen LogP contribution is 2.39. The molecule has 7 aromatic rings. The topological polar surface area (TPSA) is 44.9 Å². The number of fused-ring (bicyclic) bond motifs is 3. The van der Waals surface area contributed by atoms with E-state index in [9.17, 15) is 0 Å². The molecule has 0 unspecified atom stereocenters. The molecule has 3 aromatic heterocycles. The highest BCUT2D eigenvalue weighted by Gasteiger charge is 2.21. The molecule has 3 heterocycles. The maximum absolute atomic E-state index is 6.57. The van der Waals surface area contributed by atoms with Crippen LogP contribution in [0.2, 0.25) is 0 Å². The standard InChI is InChI=1S/C46H50N4O/c1-29(2)16-19-39-33(7)32(6)34(8)40(20-17-30(3)4)46(39)35-27-48-49(28-35)36-12-11-13-37(25-36)51-38-18-21-42-41-14-9-10-15-43(41)50(44(42)26-38)45-24-31(5)22-23-47-45/h9-15,18,21-30H,16-17,19-20H2,1-8H3. The Morgan fingerprint density at radius 1 is 0.667 bits per heavy atom. The first kappa shape index (κ1) is 34.3. The van der Waals surface area contributed by atoms with Gasteiger partial charge >= 0.3 is 0 Å². The molecular weight excluding hydrogens is 625 g/mol. The number of para-hydroxylation sites is 1. The quantitative estimate of drug-likeness (QED) is 0.137. The average molecular weight is 675 g/mol. The smallest absolute Gasteiger partial charge is 0.137 e. The lowest BCUT2D eigenvalue weighted by Gasteiger charge is -2.23. The molecule has 0 aliphatic carbocycles. The highest BCUT2D eigenvalue weighted by molar-refractivity contribution is 6.09. The number of benzene rings is 4. The number of aryl methyl sites for hydroxylation is 1. The molecule has 0 spiro atoms. The van der Waals surface area contributed by atoms with Crippen molar-refractivity contribution in [2.45, 2.75) is 81.1 Å². The average Bonchev–Trinajstić information content (AvgIpc) is 3.73. The van der Waals surface area contributed by atoms with Crippen LogP contribution in [0, 0.1) is 39.5 Å². The van der Waals surface area contributed by atoms with Gasteiger partial charge in [0.15, 0.2) is 0 Å². The van der Waals surface area contributed by atoms with Crippen LogP contribution in [0.25, 0.3) is 44.4 Å². The molecule has 0 saturated heterocycles. The molecule has 0 saturated carbocycles. The van der Waals surface area contributed by atoms with E-state index >= 15 is 0 Å². The third-order valence-corrected chi connectivity index (χ3v) is 10.5. The van der Waals surface area contributed by atoms with Crippen LogP contribution in [-0.2, 0) is 12.8 Å². The summed E-state index contributed by atoms with van der Waals surface area (Å²) in [6.07, 6.45) is 10.6. The van der Waals surface area contributed by atoms with Crippen molar-refractivity contribution in [2.24, 2.45) is 11.8 Å². The second kappa shape index (κ2) is 14.2. The normalized spacial score (nSPS) is 11.8. The number of rotatable bonds is 11. The van der Waals surface area contributed by atoms with E-state index in [0.717, 1.165) is 46.9 Å². The molecule has 0 fully saturated rings. The van der Waals surface area contributed by atoms with Gasteiger partial charge in [-0.25, -0.2) is 9.67 Å². The second-order valence-electron chi connectivity index (χ2n) is 15.1. The first-order chi connectivity index (χ1) is 24.6. The maximum Gasteiger partial charge on any atom is 0.137 e. The maximum atomic E-state index is 6.57. The van der Waals surface area contributed by atoms with Crippen LogP contribution < -0.4 is 4.74 Å². The molecular formula is C46H50N4O. The first-order valence-corrected chi connectivity index (χ1v) is 18.5. The summed E-state index contributed by atoms with van der Waals surface area (Å²) in [5.74, 6) is 3.72. The Bertz CT molecular complexity index is 2320. The van der Waals surface area contributed by atoms with Gasteiger partial charge in [-0.1, -0.05) is 52.0 Å². The van der Waals surface area contributed by atoms with Gasteiger partial charge in [-0.05, 0) is 147 Å². The molecule has 4 aromatic carbocycles. The zero-order valence-corrected chi connectivity index (χ0v) is 31.4. The number of hydrogen-bond donors (Lipinski definition) is 0. The van der Waals surface area contributed by atoms with Crippen LogP contribution >= 0.6 is 0 Å². The van der Waals surface area contributed by atoms with E-state index in [-0.39, 0.29) is 0 Å². The Labute approximate surface area is 302 Å². The molecule has 7 rings (SSSR count). The highest BCUT2D eigenvalue weighted by atomic mass is 16.5. The van der Waals surface area contributed by atoms with Gasteiger partial charge in [0.25, 0.3) is 0 Å². The zero-order chi connectivity index (χ0) is 35.8. The summed E-state index contributed by atoms with van der Waals surface area (Å²) in [6.45, 7) is 18.3. The Hall–Kier alpha value is -5.16. The summed E-state index contributed by atoms with van der Waals surface area (Å²) < 4.78 is 10.8. The summed E-state index contributed by atoms with van der Waals surface area (Å²) in [6, 6.07) is 27.2. The van der Waals surface area contributed by atoms with E-state index in [0.29, 0.717) is 11.8 Å². The van der Waals surface area contributed by atoms with E-state index in [1.165, 1.54) is 68.1 Å². The lowest BCUT2D eigenvalue weighted by atomic mass is 9.81. The van der Waals surface area contributed by atoms with Crippen molar-refractivity contribution in [2.75, 3.05) is 0 Å². The summed E-state index contributed by atoms with van der Waals surface area (Å²) >= 11 is 0. The van der Waals surface area contributed by atoms with E-state index in [2.05, 4.69) is 133 Å². The van der Waals surface area contributed by atoms with Gasteiger partial charge in [-0.15, -0.1) is 0 Å². The molecule has 0 radical (unpaired) electrons. The van der Waals surface area contributed by atoms with Crippen LogP contribution in [0.5, 0.6) is 11.5 Å². The molecule has 5 nitrogen and oxygen atoms in total. The Kier molecular flexibility index (Phi) is 9.56. The van der Waals surface area contributed by atoms with E-state index in [1.54, 1.807) is 0 Å². The third kappa shape index (κ3) is 6.82. The predicted octanol–water partition coefficient (Wildman–Crippen LogP) is 12.2. The van der Waals surface area contributed by atoms with Crippen molar-refractivity contribution in [3.8, 4) is 34.1 Å². The van der Waals surface area contributed by atoms with Crippen molar-refractivity contribution in [1.29, 1.82) is 0 Å². The minimum Gasteiger partial charge on any atom is -0.457 e. The van der Waals surface area contributed by atoms with Gasteiger partial charge in [0, 0.05) is 40.9 Å². The number of pyridine rings is 1. The van der Waals surface area contributed by atoms with E-state index in [4.69, 9.17) is 14.8 Å². The van der Waals surface area contributed by atoms with Gasteiger partial charge < -0.3 is 4.74 Å². The van der Waals surface area contributed by atoms with Crippen molar-refractivity contribution < 1.29 is 4.74 Å². The predicted molar refractivity (Wildman–Crippen MR) is 213 cm³/mol. The minimum absolute atomic E-state index is 0.645. The monoisotopic (exact) mass is 674 g/mol. The zero-order valence-electron chi connectivity index (χ0n) is 31.4. The Morgan fingerprint density at radius 2 is 1.35 bits per heavy atom. The van der Waals surface area contributed by atoms with Crippen molar-refractivity contribution in [3.63, 3.8) is 0 Å². The second-order valence-corrected chi connectivity index (χ2v) is 15.1. The van der Waals surface area contributed by atoms with Crippen LogP contribution in [0.3, 0.4) is 0 Å². The number of aromatic nitrogens is 4. The van der Waals surface area contributed by atoms with Crippen molar-refractivity contribution >= 4 is 21.8 Å². The van der Waals surface area contributed by atoms with Gasteiger partial charge in [-0.3, -0.25) is 4.57 Å². The summed E-state index contributed by atoms with van der Waals surface area (Å²) in [7, 11) is 0. The summed E-state index contributed by atoms with van der Waals surface area (Å²) in [5.41, 5.74) is 14.1. The van der Waals surface area contributed by atoms with Crippen molar-refractivity contribution in [3.05, 3.63) is 131 Å². The van der Waals surface area contributed by atoms with Gasteiger partial charge in [0.05, 0.1) is 22.9 Å². The van der Waals surface area contributed by atoms with Gasteiger partial charge in [-0.2, -0.15) is 5.10 Å². The molecule has 0 bridgehead atoms. The number of ether oxygens (including phenoxy) is 1. The SMILES string of the molecule is Cc1ccnc(-n2c3ccccc3c3ccc(Oc4cccc(-n5cc(-c6c(CCC(C)C)c(C)c(C)c(C)c6CCC(C)C)cn5)c4)cc32)c1. The Morgan fingerprint density at radius 3 is 2.06 bits per heavy atom. The molecule has 0 aliphatic rings. The van der Waals surface area contributed by atoms with Crippen LogP contribution in [-0.4, -0.2) is 19.3 Å². The van der Waals surface area contributed by atoms with E-state index < -0.39 is 0 Å². The molecule has 5 heteroatoms. The first-order valence-electron chi connectivity index (χ1n) is 18.5. The molecule has 51 heavy (non-hydrogen) atoms. The largest absolute Gasteiger partial charge is 0.457 e. The fourth-order valence-corrected chi connectivity index (χ4v) is 7.45. The molecule has 0 atom stereocenters. The summed E-state index contributed by atoms with van der Waals surface area (Å²) in [5, 5.41) is 7.29. The van der Waals surface area contributed by atoms with Crippen LogP contribution in [0.4, 0.5) is 0 Å². The molecule has 260 valence electrons. The molecule has 0 amide bonds. The van der Waals surface area contributed by atoms with Gasteiger partial charge in [0.1, 0.15) is 17.3 Å². The molecule has 0 N–H and O–H groups in total. The van der Waals surface area contributed by atoms with Crippen LogP contribution in [0.15, 0.2) is 97.5 Å². The van der Waals surface area contributed by atoms with Gasteiger partial charge in [0.2, 0.25) is 0 Å². The van der Waals surface area contributed by atoms with E-state index in [1.807, 2.05) is 29.1 Å². The fraction of sp³-hybridized carbons (Fsp3) is 0.304. The summed E-state index contributed by atoms with van der Waals surface area (Å²) in [4.78, 5) is 4.74. The Balaban J connectivity index is 1.25. The number of hydrogen-bond acceptors (Lipinski definition) is 3. The van der Waals surface area contributed by atoms with Crippen LogP contribution in [0.1, 0.15) is 73.9 Å². The third-order valence-electron chi connectivity index (χ3n) is 10.5. The minimum atomic E-state index is 0.645. The lowest BCUT2D eigenvalue weighted by molar-refractivity contribution is 0.483. The lowest BCUT2D eigenvalue weighted by Crippen LogP contribution is -2.08.